The Morgan fingerprint density at radius 3 is 1.32 bits per heavy atom. The van der Waals surface area contributed by atoms with Crippen molar-refractivity contribution in [3.05, 3.63) is 24.3 Å². The molecule has 0 aromatic rings. The van der Waals surface area contributed by atoms with E-state index in [4.69, 9.17) is 14.0 Å². The van der Waals surface area contributed by atoms with Crippen LogP contribution in [-0.4, -0.2) is 62.7 Å². The van der Waals surface area contributed by atoms with Crippen LogP contribution in [0.2, 0.25) is 0 Å². The largest absolute Gasteiger partial charge is 0.774 e. The van der Waals surface area contributed by atoms with Crippen molar-refractivity contribution in [1.82, 2.24) is 0 Å². The van der Waals surface area contributed by atoms with E-state index < -0.39 is 25.5 Å². The van der Waals surface area contributed by atoms with Gasteiger partial charge in [0.15, 0.2) is 19.5 Å². The lowest BCUT2D eigenvalue weighted by atomic mass is 10.1. The molecular weight excluding hydrogens is 734 g/mol. The molecule has 0 saturated heterocycles. The lowest BCUT2D eigenvalue weighted by molar-refractivity contribution is -0.884. The van der Waals surface area contributed by atoms with Crippen LogP contribution in [0.3, 0.4) is 0 Å². The molecule has 0 fully saturated rings. The first kappa shape index (κ1) is 55.5. The Labute approximate surface area is 352 Å². The van der Waals surface area contributed by atoms with Crippen LogP contribution in [-0.2, 0) is 28.2 Å². The minimum atomic E-state index is -4.33. The third kappa shape index (κ3) is 36.1. The number of hydrogen-bond donors (Lipinski definition) is 0. The normalized spacial score (nSPS) is 14.3. The van der Waals surface area contributed by atoms with Crippen molar-refractivity contribution in [2.75, 3.05) is 34.4 Å². The molecule has 0 amide bonds. The van der Waals surface area contributed by atoms with Crippen molar-refractivity contribution in [1.29, 1.82) is 0 Å². The van der Waals surface area contributed by atoms with E-state index in [1.807, 2.05) is 21.1 Å². The monoisotopic (exact) mass is 826 g/mol. The van der Waals surface area contributed by atoms with Gasteiger partial charge in [0.1, 0.15) is 6.61 Å². The van der Waals surface area contributed by atoms with Crippen LogP contribution in [0.1, 0.15) is 226 Å². The Balaban J connectivity index is 4.68. The summed E-state index contributed by atoms with van der Waals surface area (Å²) in [6.07, 6.45) is 42.7. The zero-order chi connectivity index (χ0) is 42.3. The summed E-state index contributed by atoms with van der Waals surface area (Å²) in [7, 11) is 1.23. The molecule has 0 rings (SSSR count). The van der Waals surface area contributed by atoms with Gasteiger partial charge in [-0.1, -0.05) is 161 Å². The maximum absolute atomic E-state index is 13.4. The van der Waals surface area contributed by atoms with Crippen molar-refractivity contribution in [3.8, 4) is 0 Å². The third-order valence-electron chi connectivity index (χ3n) is 10.8. The highest BCUT2D eigenvalue weighted by molar-refractivity contribution is 7.51. The molecule has 0 spiro atoms. The molecule has 0 bridgehead atoms. The molecule has 2 unspecified atom stereocenters. The summed E-state index contributed by atoms with van der Waals surface area (Å²) in [5.74, 6) is -1.50. The van der Waals surface area contributed by atoms with E-state index in [9.17, 15) is 19.0 Å². The Morgan fingerprint density at radius 2 is 0.895 bits per heavy atom. The number of carbonyl (C=O) groups excluding carboxylic acids is 2. The predicted octanol–water partition coefficient (Wildman–Crippen LogP) is 13.7. The number of carbonyl (C=O) groups is 2. The summed E-state index contributed by atoms with van der Waals surface area (Å²) in [5, 5.41) is 0. The predicted molar refractivity (Wildman–Crippen MR) is 239 cm³/mol. The first-order valence-corrected chi connectivity index (χ1v) is 25.5. The molecule has 9 heteroatoms. The fourth-order valence-electron chi connectivity index (χ4n) is 7.12. The van der Waals surface area contributed by atoms with E-state index in [-0.39, 0.29) is 36.5 Å². The molecule has 0 aromatic carbocycles. The van der Waals surface area contributed by atoms with Crippen LogP contribution in [0.4, 0.5) is 0 Å². The maximum atomic E-state index is 13.4. The molecule has 336 valence electrons. The third-order valence-corrected chi connectivity index (χ3v) is 13.0. The number of ether oxygens (including phenoxy) is 2. The fourth-order valence-corrected chi connectivity index (χ4v) is 9.01. The van der Waals surface area contributed by atoms with Crippen molar-refractivity contribution < 1.29 is 37.5 Å². The van der Waals surface area contributed by atoms with Gasteiger partial charge in [-0.2, -0.15) is 0 Å². The average Bonchev–Trinajstić information content (AvgIpc) is 3.17. The topological polar surface area (TPSA) is 102 Å². The first-order valence-electron chi connectivity index (χ1n) is 23.9. The van der Waals surface area contributed by atoms with E-state index in [0.717, 1.165) is 83.5 Å². The number of hydrogen-bond acceptors (Lipinski definition) is 7. The Kier molecular flexibility index (Phi) is 37.7. The number of quaternary nitrogens is 1. The molecule has 0 aliphatic rings. The number of rotatable bonds is 42. The van der Waals surface area contributed by atoms with Crippen LogP contribution in [0, 0.1) is 0 Å². The molecule has 0 aromatic heterocycles. The highest BCUT2D eigenvalue weighted by Gasteiger charge is 2.35. The molecule has 8 nitrogen and oxygen atoms in total. The van der Waals surface area contributed by atoms with E-state index in [0.29, 0.717) is 12.8 Å². The molecule has 57 heavy (non-hydrogen) atoms. The number of unbranched alkanes of at least 4 members (excludes halogenated alkanes) is 24. The minimum absolute atomic E-state index is 0.215. The maximum Gasteiger partial charge on any atom is 0.306 e. The van der Waals surface area contributed by atoms with Crippen LogP contribution < -0.4 is 4.89 Å². The van der Waals surface area contributed by atoms with Crippen LogP contribution in [0.5, 0.6) is 0 Å². The molecular formula is C48H92NO7P. The molecule has 0 radical (unpaired) electrons. The minimum Gasteiger partial charge on any atom is -0.774 e. The van der Waals surface area contributed by atoms with Gasteiger partial charge in [0.05, 0.1) is 27.7 Å². The van der Waals surface area contributed by atoms with Gasteiger partial charge in [-0.25, -0.2) is 0 Å². The molecule has 0 heterocycles. The van der Waals surface area contributed by atoms with Gasteiger partial charge in [-0.3, -0.25) is 9.59 Å². The summed E-state index contributed by atoms with van der Waals surface area (Å²) < 4.78 is 30.4. The smallest absolute Gasteiger partial charge is 0.306 e. The van der Waals surface area contributed by atoms with Crippen molar-refractivity contribution >= 4 is 19.5 Å². The van der Waals surface area contributed by atoms with E-state index in [1.54, 1.807) is 0 Å². The lowest BCUT2D eigenvalue weighted by Gasteiger charge is -2.41. The molecule has 3 atom stereocenters. The highest BCUT2D eigenvalue weighted by Crippen LogP contribution is 2.48. The quantitative estimate of drug-likeness (QED) is 0.0198. The van der Waals surface area contributed by atoms with Gasteiger partial charge in [0.2, 0.25) is 0 Å². The summed E-state index contributed by atoms with van der Waals surface area (Å²) >= 11 is 0. The SMILES string of the molecule is CCCCCCCC/C=C\CCCCCCCC(=O)OC[C@H](COP(=O)([O-])C(CCCCC)[N+](C)(C)C)OC(=O)CCCCCCC/C=C\CCCCCCCC. The highest BCUT2D eigenvalue weighted by atomic mass is 31.2. The first-order chi connectivity index (χ1) is 27.5. The zero-order valence-electron chi connectivity index (χ0n) is 38.3. The summed E-state index contributed by atoms with van der Waals surface area (Å²) in [6.45, 7) is 6.02. The Hall–Kier alpha value is -1.47. The van der Waals surface area contributed by atoms with Crippen molar-refractivity contribution in [2.45, 2.75) is 238 Å². The second kappa shape index (κ2) is 38.7. The van der Waals surface area contributed by atoms with Crippen LogP contribution >= 0.6 is 7.60 Å². The average molecular weight is 826 g/mol. The van der Waals surface area contributed by atoms with E-state index in [2.05, 4.69) is 45.1 Å². The second-order valence-corrected chi connectivity index (χ2v) is 19.3. The van der Waals surface area contributed by atoms with E-state index >= 15 is 0 Å². The van der Waals surface area contributed by atoms with Crippen molar-refractivity contribution in [2.24, 2.45) is 0 Å². The van der Waals surface area contributed by atoms with Gasteiger partial charge >= 0.3 is 11.9 Å². The van der Waals surface area contributed by atoms with Crippen LogP contribution in [0.15, 0.2) is 24.3 Å². The zero-order valence-corrected chi connectivity index (χ0v) is 39.2. The van der Waals surface area contributed by atoms with Gasteiger partial charge in [-0.15, -0.1) is 0 Å². The van der Waals surface area contributed by atoms with Crippen LogP contribution in [0.25, 0.3) is 0 Å². The second-order valence-electron chi connectivity index (χ2n) is 17.4. The van der Waals surface area contributed by atoms with Gasteiger partial charge < -0.3 is 27.9 Å². The van der Waals surface area contributed by atoms with Gasteiger partial charge in [0.25, 0.3) is 0 Å². The van der Waals surface area contributed by atoms with Crippen molar-refractivity contribution in [3.63, 3.8) is 0 Å². The molecule has 0 N–H and O–H groups in total. The summed E-state index contributed by atoms with van der Waals surface area (Å²) in [4.78, 5) is 38.9. The van der Waals surface area contributed by atoms with Gasteiger partial charge in [-0.05, 0) is 70.6 Å². The number of allylic oxidation sites excluding steroid dienone is 4. The summed E-state index contributed by atoms with van der Waals surface area (Å²) in [6, 6.07) is 0. The standard InChI is InChI=1S/C48H92NO7P/c1-7-10-13-15-17-19-21-23-25-27-29-31-33-35-38-41-47(50)54-43-45(44-55-57(52,53)46(49(4,5)6)40-37-12-9-3)56-48(51)42-39-36-34-32-30-28-26-24-22-20-18-16-14-11-8-2/h23-26,45-46H,7-22,27-44H2,1-6H3/b25-23-,26-24-/t45-,46?/m1/s1. The Morgan fingerprint density at radius 1 is 0.526 bits per heavy atom. The molecule has 0 aliphatic carbocycles. The Bertz CT molecular complexity index is 1040. The van der Waals surface area contributed by atoms with E-state index in [1.165, 1.54) is 96.3 Å². The number of nitrogens with zero attached hydrogens (tertiary/aromatic N) is 1. The lowest BCUT2D eigenvalue weighted by Crippen LogP contribution is -2.47. The molecule has 0 saturated carbocycles. The summed E-state index contributed by atoms with van der Waals surface area (Å²) in [5.41, 5.74) is 0. The fraction of sp³-hybridized carbons (Fsp3) is 0.875. The molecule has 0 aliphatic heterocycles. The van der Waals surface area contributed by atoms with Gasteiger partial charge in [0, 0.05) is 19.3 Å². The number of esters is 2.